The first-order valence-corrected chi connectivity index (χ1v) is 7.07. The van der Waals surface area contributed by atoms with E-state index in [-0.39, 0.29) is 5.41 Å². The van der Waals surface area contributed by atoms with Gasteiger partial charge in [-0.1, -0.05) is 50.3 Å². The van der Waals surface area contributed by atoms with E-state index >= 15 is 0 Å². The monoisotopic (exact) mass is 251 g/mol. The first-order chi connectivity index (χ1) is 9.11. The molecular weight excluding hydrogens is 230 g/mol. The molecule has 1 aliphatic rings. The number of hydrogen-bond acceptors (Lipinski definition) is 1. The minimum atomic E-state index is 0.0843. The lowest BCUT2D eigenvalue weighted by Gasteiger charge is -2.26. The quantitative estimate of drug-likeness (QED) is 0.699. The molecule has 1 heteroatoms. The SMILES string of the molecule is CC=C1N(CC)c2ccc3ccccc3c2C1(C)C. The van der Waals surface area contributed by atoms with Crippen molar-refractivity contribution in [3.05, 3.63) is 53.7 Å². The van der Waals surface area contributed by atoms with Crippen LogP contribution in [0.15, 0.2) is 48.2 Å². The summed E-state index contributed by atoms with van der Waals surface area (Å²) in [6, 6.07) is 13.2. The molecule has 0 aliphatic carbocycles. The third-order valence-corrected chi connectivity index (χ3v) is 4.34. The Balaban J connectivity index is 2.41. The fraction of sp³-hybridized carbons (Fsp3) is 0.333. The molecule has 2 aromatic carbocycles. The molecule has 0 spiro atoms. The Labute approximate surface area is 115 Å². The van der Waals surface area contributed by atoms with Crippen LogP contribution in [-0.2, 0) is 5.41 Å². The highest BCUT2D eigenvalue weighted by Gasteiger charge is 2.40. The van der Waals surface area contributed by atoms with E-state index in [0.717, 1.165) is 6.54 Å². The molecule has 2 aromatic rings. The van der Waals surface area contributed by atoms with Crippen LogP contribution in [0.3, 0.4) is 0 Å². The first-order valence-electron chi connectivity index (χ1n) is 7.07. The van der Waals surface area contributed by atoms with E-state index in [1.54, 1.807) is 0 Å². The summed E-state index contributed by atoms with van der Waals surface area (Å²) in [6.07, 6.45) is 2.26. The molecule has 0 unspecified atom stereocenters. The van der Waals surface area contributed by atoms with Crippen molar-refractivity contribution in [2.45, 2.75) is 33.1 Å². The van der Waals surface area contributed by atoms with Crippen molar-refractivity contribution < 1.29 is 0 Å². The van der Waals surface area contributed by atoms with Crippen LogP contribution in [0.1, 0.15) is 33.3 Å². The lowest BCUT2D eigenvalue weighted by atomic mass is 9.81. The van der Waals surface area contributed by atoms with E-state index in [1.807, 2.05) is 0 Å². The molecule has 1 aliphatic heterocycles. The van der Waals surface area contributed by atoms with Gasteiger partial charge >= 0.3 is 0 Å². The zero-order valence-corrected chi connectivity index (χ0v) is 12.2. The number of anilines is 1. The maximum atomic E-state index is 2.45. The molecule has 0 radical (unpaired) electrons. The van der Waals surface area contributed by atoms with Gasteiger partial charge in [0.05, 0.1) is 0 Å². The van der Waals surface area contributed by atoms with Crippen LogP contribution in [0.5, 0.6) is 0 Å². The van der Waals surface area contributed by atoms with Crippen molar-refractivity contribution in [3.63, 3.8) is 0 Å². The van der Waals surface area contributed by atoms with Crippen LogP contribution in [0.25, 0.3) is 10.8 Å². The minimum Gasteiger partial charge on any atom is -0.345 e. The summed E-state index contributed by atoms with van der Waals surface area (Å²) in [5, 5.41) is 2.73. The molecule has 0 N–H and O–H groups in total. The topological polar surface area (TPSA) is 3.24 Å². The van der Waals surface area contributed by atoms with Gasteiger partial charge in [0.2, 0.25) is 0 Å². The van der Waals surface area contributed by atoms with Crippen LogP contribution in [0.2, 0.25) is 0 Å². The minimum absolute atomic E-state index is 0.0843. The van der Waals surface area contributed by atoms with Crippen LogP contribution >= 0.6 is 0 Å². The van der Waals surface area contributed by atoms with Crippen molar-refractivity contribution in [3.8, 4) is 0 Å². The Morgan fingerprint density at radius 2 is 1.84 bits per heavy atom. The number of fused-ring (bicyclic) bond motifs is 3. The number of nitrogens with zero attached hydrogens (tertiary/aromatic N) is 1. The molecular formula is C18H21N. The van der Waals surface area contributed by atoms with Gasteiger partial charge in [-0.3, -0.25) is 0 Å². The third-order valence-electron chi connectivity index (χ3n) is 4.34. The Morgan fingerprint density at radius 3 is 2.53 bits per heavy atom. The van der Waals surface area contributed by atoms with E-state index in [1.165, 1.54) is 27.7 Å². The molecule has 0 fully saturated rings. The molecule has 98 valence electrons. The third kappa shape index (κ3) is 1.54. The highest BCUT2D eigenvalue weighted by molar-refractivity contribution is 5.94. The number of rotatable bonds is 1. The van der Waals surface area contributed by atoms with E-state index in [2.05, 4.69) is 75.1 Å². The highest BCUT2D eigenvalue weighted by atomic mass is 15.2. The van der Waals surface area contributed by atoms with Gasteiger partial charge in [0.1, 0.15) is 0 Å². The van der Waals surface area contributed by atoms with Crippen LogP contribution in [0, 0.1) is 0 Å². The predicted octanol–water partition coefficient (Wildman–Crippen LogP) is 4.86. The van der Waals surface area contributed by atoms with Gasteiger partial charge in [-0.05, 0) is 36.2 Å². The second kappa shape index (κ2) is 4.12. The Bertz CT molecular complexity index is 664. The fourth-order valence-electron chi connectivity index (χ4n) is 3.59. The van der Waals surface area contributed by atoms with Crippen molar-refractivity contribution in [2.24, 2.45) is 0 Å². The van der Waals surface area contributed by atoms with E-state index in [9.17, 15) is 0 Å². The van der Waals surface area contributed by atoms with Gasteiger partial charge in [-0.25, -0.2) is 0 Å². The second-order valence-electron chi connectivity index (χ2n) is 5.72. The molecule has 0 bridgehead atoms. The zero-order chi connectivity index (χ0) is 13.6. The standard InChI is InChI=1S/C18H21N/c1-5-16-18(3,4)17-14-10-8-7-9-13(14)11-12-15(17)19(16)6-2/h5,7-12H,6H2,1-4H3. The van der Waals surface area contributed by atoms with Crippen LogP contribution < -0.4 is 4.90 Å². The normalized spacial score (nSPS) is 19.2. The largest absolute Gasteiger partial charge is 0.345 e. The molecule has 1 nitrogen and oxygen atoms in total. The number of likely N-dealkylation sites (N-methyl/N-ethyl adjacent to an activating group) is 1. The summed E-state index contributed by atoms with van der Waals surface area (Å²) in [4.78, 5) is 2.45. The number of allylic oxidation sites excluding steroid dienone is 2. The number of benzene rings is 2. The molecule has 0 saturated heterocycles. The smallest absolute Gasteiger partial charge is 0.0456 e. The molecule has 0 amide bonds. The molecule has 3 rings (SSSR count). The zero-order valence-electron chi connectivity index (χ0n) is 12.2. The Morgan fingerprint density at radius 1 is 1.11 bits per heavy atom. The summed E-state index contributed by atoms with van der Waals surface area (Å²) in [5.74, 6) is 0. The van der Waals surface area contributed by atoms with Gasteiger partial charge in [0.25, 0.3) is 0 Å². The Kier molecular flexibility index (Phi) is 2.67. The molecule has 0 saturated carbocycles. The predicted molar refractivity (Wildman–Crippen MR) is 83.8 cm³/mol. The molecule has 19 heavy (non-hydrogen) atoms. The molecule has 1 heterocycles. The summed E-state index contributed by atoms with van der Waals surface area (Å²) in [7, 11) is 0. The lowest BCUT2D eigenvalue weighted by molar-refractivity contribution is 0.636. The summed E-state index contributed by atoms with van der Waals surface area (Å²) < 4.78 is 0. The summed E-state index contributed by atoms with van der Waals surface area (Å²) >= 11 is 0. The maximum absolute atomic E-state index is 2.45. The molecule has 0 aromatic heterocycles. The van der Waals surface area contributed by atoms with Crippen molar-refractivity contribution in [2.75, 3.05) is 11.4 Å². The highest BCUT2D eigenvalue weighted by Crippen LogP contribution is 2.50. The van der Waals surface area contributed by atoms with Crippen molar-refractivity contribution >= 4 is 16.5 Å². The lowest BCUT2D eigenvalue weighted by Crippen LogP contribution is -2.25. The van der Waals surface area contributed by atoms with Gasteiger partial charge < -0.3 is 4.90 Å². The van der Waals surface area contributed by atoms with Gasteiger partial charge in [0, 0.05) is 23.3 Å². The average Bonchev–Trinajstić information content (AvgIpc) is 2.65. The second-order valence-corrected chi connectivity index (χ2v) is 5.72. The van der Waals surface area contributed by atoms with Crippen molar-refractivity contribution in [1.29, 1.82) is 0 Å². The fourth-order valence-corrected chi connectivity index (χ4v) is 3.59. The van der Waals surface area contributed by atoms with Gasteiger partial charge in [-0.15, -0.1) is 0 Å². The molecule has 0 atom stereocenters. The van der Waals surface area contributed by atoms with E-state index < -0.39 is 0 Å². The van der Waals surface area contributed by atoms with E-state index in [4.69, 9.17) is 0 Å². The average molecular weight is 251 g/mol. The summed E-state index contributed by atoms with van der Waals surface area (Å²) in [5.41, 5.74) is 4.35. The Hall–Kier alpha value is -1.76. The summed E-state index contributed by atoms with van der Waals surface area (Å²) in [6.45, 7) is 10.1. The van der Waals surface area contributed by atoms with E-state index in [0.29, 0.717) is 0 Å². The number of hydrogen-bond donors (Lipinski definition) is 0. The van der Waals surface area contributed by atoms with Crippen LogP contribution in [-0.4, -0.2) is 6.54 Å². The first kappa shape index (κ1) is 12.3. The van der Waals surface area contributed by atoms with Crippen LogP contribution in [0.4, 0.5) is 5.69 Å². The maximum Gasteiger partial charge on any atom is 0.0456 e. The van der Waals surface area contributed by atoms with Gasteiger partial charge in [-0.2, -0.15) is 0 Å². The van der Waals surface area contributed by atoms with Crippen molar-refractivity contribution in [1.82, 2.24) is 0 Å². The van der Waals surface area contributed by atoms with Gasteiger partial charge in [0.15, 0.2) is 0 Å².